The maximum Gasteiger partial charge on any atom is 0.274 e. The van der Waals surface area contributed by atoms with Crippen LogP contribution in [0.4, 0.5) is 0 Å². The maximum absolute atomic E-state index is 12.4. The molecule has 3 rings (SSSR count). The lowest BCUT2D eigenvalue weighted by molar-refractivity contribution is 0.0300. The highest BCUT2D eigenvalue weighted by molar-refractivity contribution is 7.89. The van der Waals surface area contributed by atoms with E-state index in [-0.39, 0.29) is 16.5 Å². The number of amides is 1. The molecule has 9 heteroatoms. The van der Waals surface area contributed by atoms with Gasteiger partial charge in [-0.3, -0.25) is 4.79 Å². The molecule has 0 aliphatic carbocycles. The average Bonchev–Trinajstić information content (AvgIpc) is 2.89. The summed E-state index contributed by atoms with van der Waals surface area (Å²) in [6.07, 6.45) is 2.74. The van der Waals surface area contributed by atoms with E-state index in [2.05, 4.69) is 4.98 Å². The van der Waals surface area contributed by atoms with E-state index in [0.29, 0.717) is 31.8 Å². The topological polar surface area (TPSA) is 107 Å². The van der Waals surface area contributed by atoms with Crippen molar-refractivity contribution in [3.63, 3.8) is 0 Å². The summed E-state index contributed by atoms with van der Waals surface area (Å²) in [5.41, 5.74) is 0.830. The van der Waals surface area contributed by atoms with E-state index in [9.17, 15) is 13.2 Å². The van der Waals surface area contributed by atoms with Crippen LogP contribution in [-0.2, 0) is 14.8 Å². The monoisotopic (exact) mass is 310 g/mol. The van der Waals surface area contributed by atoms with Crippen LogP contribution in [0.25, 0.3) is 5.52 Å². The van der Waals surface area contributed by atoms with Crippen molar-refractivity contribution in [2.24, 2.45) is 5.14 Å². The molecule has 2 N–H and O–H groups in total. The highest BCUT2D eigenvalue weighted by atomic mass is 32.2. The number of nitrogens with zero attached hydrogens (tertiary/aromatic N) is 3. The normalized spacial score (nSPS) is 16.3. The van der Waals surface area contributed by atoms with E-state index < -0.39 is 10.0 Å². The minimum Gasteiger partial charge on any atom is -0.378 e. The Morgan fingerprint density at radius 2 is 2.00 bits per heavy atom. The first-order valence-electron chi connectivity index (χ1n) is 6.33. The highest BCUT2D eigenvalue weighted by Crippen LogP contribution is 2.16. The lowest BCUT2D eigenvalue weighted by Crippen LogP contribution is -2.40. The third-order valence-corrected chi connectivity index (χ3v) is 4.23. The number of fused-ring (bicyclic) bond motifs is 1. The van der Waals surface area contributed by atoms with Crippen LogP contribution in [0.2, 0.25) is 0 Å². The molecule has 1 saturated heterocycles. The van der Waals surface area contributed by atoms with Crippen molar-refractivity contribution in [1.29, 1.82) is 0 Å². The molecule has 1 aliphatic heterocycles. The summed E-state index contributed by atoms with van der Waals surface area (Å²) in [7, 11) is -3.79. The molecule has 2 aromatic rings. The number of ether oxygens (including phenoxy) is 1. The number of nitrogens with two attached hydrogens (primary N) is 1. The summed E-state index contributed by atoms with van der Waals surface area (Å²) in [5.74, 6) is -0.191. The molecule has 0 spiro atoms. The van der Waals surface area contributed by atoms with Gasteiger partial charge in [0.1, 0.15) is 6.33 Å². The van der Waals surface area contributed by atoms with Crippen molar-refractivity contribution in [1.82, 2.24) is 14.3 Å². The van der Waals surface area contributed by atoms with Crippen molar-refractivity contribution < 1.29 is 17.9 Å². The number of morpholine rings is 1. The molecule has 112 valence electrons. The van der Waals surface area contributed by atoms with Crippen molar-refractivity contribution in [3.05, 3.63) is 30.4 Å². The largest absolute Gasteiger partial charge is 0.378 e. The quantitative estimate of drug-likeness (QED) is 0.801. The number of hydrogen-bond donors (Lipinski definition) is 1. The number of carbonyl (C=O) groups is 1. The number of imidazole rings is 1. The second-order valence-corrected chi connectivity index (χ2v) is 6.26. The van der Waals surface area contributed by atoms with Gasteiger partial charge in [-0.05, 0) is 12.1 Å². The second kappa shape index (κ2) is 5.10. The number of rotatable bonds is 2. The minimum absolute atomic E-state index is 0.0298. The summed E-state index contributed by atoms with van der Waals surface area (Å²) < 4.78 is 29.3. The van der Waals surface area contributed by atoms with Crippen molar-refractivity contribution in [3.8, 4) is 0 Å². The van der Waals surface area contributed by atoms with E-state index in [4.69, 9.17) is 9.88 Å². The maximum atomic E-state index is 12.4. The fraction of sp³-hybridized carbons (Fsp3) is 0.333. The smallest absolute Gasteiger partial charge is 0.274 e. The van der Waals surface area contributed by atoms with Crippen LogP contribution in [0, 0.1) is 0 Å². The molecule has 0 bridgehead atoms. The number of pyridine rings is 1. The summed E-state index contributed by atoms with van der Waals surface area (Å²) in [6.45, 7) is 2.06. The third-order valence-electron chi connectivity index (χ3n) is 3.33. The summed E-state index contributed by atoms with van der Waals surface area (Å²) in [5, 5.41) is 5.08. The van der Waals surface area contributed by atoms with Gasteiger partial charge in [0, 0.05) is 19.3 Å². The zero-order valence-electron chi connectivity index (χ0n) is 11.1. The van der Waals surface area contributed by atoms with Crippen LogP contribution in [-0.4, -0.2) is 54.9 Å². The highest BCUT2D eigenvalue weighted by Gasteiger charge is 2.22. The van der Waals surface area contributed by atoms with Gasteiger partial charge >= 0.3 is 0 Å². The van der Waals surface area contributed by atoms with E-state index in [1.54, 1.807) is 4.90 Å². The number of aromatic nitrogens is 2. The zero-order valence-corrected chi connectivity index (χ0v) is 11.9. The van der Waals surface area contributed by atoms with Crippen LogP contribution in [0.15, 0.2) is 29.6 Å². The van der Waals surface area contributed by atoms with Crippen molar-refractivity contribution >= 4 is 21.4 Å². The molecule has 0 unspecified atom stereocenters. The van der Waals surface area contributed by atoms with Crippen LogP contribution in [0.5, 0.6) is 0 Å². The van der Waals surface area contributed by atoms with Crippen LogP contribution < -0.4 is 5.14 Å². The third kappa shape index (κ3) is 2.62. The van der Waals surface area contributed by atoms with Crippen LogP contribution in [0.1, 0.15) is 10.5 Å². The summed E-state index contributed by atoms with van der Waals surface area (Å²) in [4.78, 5) is 18.1. The Balaban J connectivity index is 1.99. The summed E-state index contributed by atoms with van der Waals surface area (Å²) >= 11 is 0. The number of primary sulfonamides is 1. The molecule has 0 atom stereocenters. The first kappa shape index (κ1) is 14.0. The first-order chi connectivity index (χ1) is 9.97. The van der Waals surface area contributed by atoms with E-state index >= 15 is 0 Å². The van der Waals surface area contributed by atoms with Gasteiger partial charge in [0.2, 0.25) is 10.0 Å². The molecule has 1 fully saturated rings. The van der Waals surface area contributed by atoms with Gasteiger partial charge in [0.05, 0.1) is 23.6 Å². The van der Waals surface area contributed by atoms with Crippen molar-refractivity contribution in [2.75, 3.05) is 26.3 Å². The Morgan fingerprint density at radius 3 is 2.67 bits per heavy atom. The molecule has 0 aromatic carbocycles. The average molecular weight is 310 g/mol. The number of carbonyl (C=O) groups excluding carboxylic acids is 1. The number of sulfonamides is 1. The Labute approximate surface area is 121 Å². The van der Waals surface area contributed by atoms with Crippen LogP contribution >= 0.6 is 0 Å². The molecule has 0 radical (unpaired) electrons. The lowest BCUT2D eigenvalue weighted by atomic mass is 10.3. The molecule has 1 aliphatic rings. The Morgan fingerprint density at radius 1 is 1.29 bits per heavy atom. The molecular formula is C12H14N4O4S. The Bertz CT molecular complexity index is 793. The van der Waals surface area contributed by atoms with Gasteiger partial charge in [-0.25, -0.2) is 18.5 Å². The predicted octanol–water partition coefficient (Wildman–Crippen LogP) is -0.546. The van der Waals surface area contributed by atoms with Crippen molar-refractivity contribution in [2.45, 2.75) is 4.90 Å². The van der Waals surface area contributed by atoms with Gasteiger partial charge in [0.15, 0.2) is 5.69 Å². The van der Waals surface area contributed by atoms with Gasteiger partial charge in [-0.2, -0.15) is 0 Å². The lowest BCUT2D eigenvalue weighted by Gasteiger charge is -2.26. The van der Waals surface area contributed by atoms with E-state index in [1.165, 1.54) is 29.1 Å². The fourth-order valence-corrected chi connectivity index (χ4v) is 2.75. The molecule has 8 nitrogen and oxygen atoms in total. The van der Waals surface area contributed by atoms with Gasteiger partial charge in [0.25, 0.3) is 5.91 Å². The van der Waals surface area contributed by atoms with Gasteiger partial charge in [-0.15, -0.1) is 0 Å². The molecule has 1 amide bonds. The Hall–Kier alpha value is -1.97. The summed E-state index contributed by atoms with van der Waals surface area (Å²) in [6, 6.07) is 2.89. The molecule has 2 aromatic heterocycles. The Kier molecular flexibility index (Phi) is 3.40. The number of hydrogen-bond acceptors (Lipinski definition) is 5. The minimum atomic E-state index is -3.79. The van der Waals surface area contributed by atoms with E-state index in [0.717, 1.165) is 0 Å². The molecular weight excluding hydrogens is 296 g/mol. The van der Waals surface area contributed by atoms with Crippen LogP contribution in [0.3, 0.4) is 0 Å². The standard InChI is InChI=1S/C12H14N4O4S/c13-21(18,19)9-1-2-10-11(14-8-16(10)7-9)12(17)15-3-5-20-6-4-15/h1-2,7-8H,3-6H2,(H2,13,18,19). The predicted molar refractivity (Wildman–Crippen MR) is 73.3 cm³/mol. The van der Waals surface area contributed by atoms with E-state index in [1.807, 2.05) is 0 Å². The second-order valence-electron chi connectivity index (χ2n) is 4.70. The fourth-order valence-electron chi connectivity index (χ4n) is 2.23. The molecule has 21 heavy (non-hydrogen) atoms. The SMILES string of the molecule is NS(=O)(=O)c1ccc2c(C(=O)N3CCOCC3)ncn2c1. The molecule has 0 saturated carbocycles. The van der Waals surface area contributed by atoms with Gasteiger partial charge < -0.3 is 14.0 Å². The first-order valence-corrected chi connectivity index (χ1v) is 7.88. The zero-order chi connectivity index (χ0) is 15.0. The van der Waals surface area contributed by atoms with Gasteiger partial charge in [-0.1, -0.05) is 0 Å². The molecule has 3 heterocycles.